The Balaban J connectivity index is 0.000000312. The maximum Gasteiger partial charge on any atom is 0.118 e. The molecule has 0 radical (unpaired) electrons. The van der Waals surface area contributed by atoms with Gasteiger partial charge in [0, 0.05) is 27.4 Å². The van der Waals surface area contributed by atoms with Crippen LogP contribution in [0.3, 0.4) is 0 Å². The first-order valence-corrected chi connectivity index (χ1v) is 8.65. The van der Waals surface area contributed by atoms with Crippen molar-refractivity contribution in [1.29, 1.82) is 0 Å². The van der Waals surface area contributed by atoms with E-state index in [1.165, 1.54) is 12.8 Å². The van der Waals surface area contributed by atoms with Crippen LogP contribution in [0.5, 0.6) is 5.75 Å². The molecule has 2 fully saturated rings. The van der Waals surface area contributed by atoms with E-state index in [1.54, 1.807) is 21.3 Å². The van der Waals surface area contributed by atoms with Gasteiger partial charge in [0.05, 0.1) is 46.8 Å². The highest BCUT2D eigenvalue weighted by Crippen LogP contribution is 2.05. The SMILES string of the molecule is C1CCOC1.C1COCCO1.COCCOC.COc1ccccc1. The summed E-state index contributed by atoms with van der Waals surface area (Å²) < 4.78 is 29.1. The van der Waals surface area contributed by atoms with Crippen LogP contribution < -0.4 is 4.74 Å². The van der Waals surface area contributed by atoms with Crippen molar-refractivity contribution in [3.63, 3.8) is 0 Å². The second kappa shape index (κ2) is 20.9. The Morgan fingerprint density at radius 2 is 1.12 bits per heavy atom. The van der Waals surface area contributed by atoms with E-state index in [-0.39, 0.29) is 0 Å². The number of ether oxygens (including phenoxy) is 6. The number of para-hydroxylation sites is 1. The molecule has 1 aromatic carbocycles. The normalized spacial score (nSPS) is 15.5. The van der Waals surface area contributed by atoms with Crippen LogP contribution in [0.2, 0.25) is 0 Å². The Morgan fingerprint density at radius 1 is 0.680 bits per heavy atom. The highest BCUT2D eigenvalue weighted by Gasteiger charge is 1.95. The van der Waals surface area contributed by atoms with Crippen molar-refractivity contribution in [2.75, 3.05) is 74.2 Å². The largest absolute Gasteiger partial charge is 0.497 e. The van der Waals surface area contributed by atoms with Gasteiger partial charge in [0.2, 0.25) is 0 Å². The van der Waals surface area contributed by atoms with E-state index in [1.807, 2.05) is 30.3 Å². The lowest BCUT2D eigenvalue weighted by Crippen LogP contribution is -2.16. The van der Waals surface area contributed by atoms with Gasteiger partial charge >= 0.3 is 0 Å². The summed E-state index contributed by atoms with van der Waals surface area (Å²) in [5.41, 5.74) is 0. The lowest BCUT2D eigenvalue weighted by molar-refractivity contribution is -0.0334. The third-order valence-electron chi connectivity index (χ3n) is 3.04. The molecule has 0 aliphatic carbocycles. The van der Waals surface area contributed by atoms with E-state index >= 15 is 0 Å². The lowest BCUT2D eigenvalue weighted by atomic mass is 10.3. The molecular formula is C19H34O6. The van der Waals surface area contributed by atoms with Crippen molar-refractivity contribution in [3.8, 4) is 5.75 Å². The summed E-state index contributed by atoms with van der Waals surface area (Å²) in [5.74, 6) is 0.910. The van der Waals surface area contributed by atoms with Crippen molar-refractivity contribution in [2.24, 2.45) is 0 Å². The Labute approximate surface area is 152 Å². The van der Waals surface area contributed by atoms with Crippen molar-refractivity contribution in [1.82, 2.24) is 0 Å². The zero-order valence-electron chi connectivity index (χ0n) is 15.9. The maximum absolute atomic E-state index is 4.94. The molecule has 25 heavy (non-hydrogen) atoms. The molecule has 2 heterocycles. The molecule has 2 aliphatic heterocycles. The van der Waals surface area contributed by atoms with Crippen LogP contribution in [0.25, 0.3) is 0 Å². The number of hydrogen-bond donors (Lipinski definition) is 0. The second-order valence-electron chi connectivity index (χ2n) is 5.05. The summed E-state index contributed by atoms with van der Waals surface area (Å²) >= 11 is 0. The van der Waals surface area contributed by atoms with E-state index in [0.717, 1.165) is 45.4 Å². The summed E-state index contributed by atoms with van der Waals surface area (Å²) in [6.07, 6.45) is 2.56. The third kappa shape index (κ3) is 19.0. The summed E-state index contributed by atoms with van der Waals surface area (Å²) in [6, 6.07) is 9.68. The van der Waals surface area contributed by atoms with Crippen molar-refractivity contribution >= 4 is 0 Å². The molecule has 0 unspecified atom stereocenters. The highest BCUT2D eigenvalue weighted by molar-refractivity contribution is 5.20. The van der Waals surface area contributed by atoms with E-state index < -0.39 is 0 Å². The van der Waals surface area contributed by atoms with Crippen LogP contribution in [0, 0.1) is 0 Å². The molecule has 6 nitrogen and oxygen atoms in total. The first-order chi connectivity index (χ1) is 12.3. The number of benzene rings is 1. The van der Waals surface area contributed by atoms with Crippen LogP contribution in [-0.4, -0.2) is 74.2 Å². The van der Waals surface area contributed by atoms with Gasteiger partial charge in [0.1, 0.15) is 5.75 Å². The molecular weight excluding hydrogens is 324 g/mol. The van der Waals surface area contributed by atoms with Gasteiger partial charge in [0.15, 0.2) is 0 Å². The third-order valence-corrected chi connectivity index (χ3v) is 3.04. The quantitative estimate of drug-likeness (QED) is 0.772. The average molecular weight is 358 g/mol. The first-order valence-electron chi connectivity index (χ1n) is 8.65. The fraction of sp³-hybridized carbons (Fsp3) is 0.684. The predicted octanol–water partition coefficient (Wildman–Crippen LogP) is 2.80. The molecule has 0 aromatic heterocycles. The zero-order chi connectivity index (χ0) is 18.4. The Bertz CT molecular complexity index is 316. The average Bonchev–Trinajstić information content (AvgIpc) is 3.29. The summed E-state index contributed by atoms with van der Waals surface area (Å²) in [5, 5.41) is 0. The maximum atomic E-state index is 4.94. The van der Waals surface area contributed by atoms with Gasteiger partial charge in [-0.2, -0.15) is 0 Å². The Morgan fingerprint density at radius 3 is 1.36 bits per heavy atom. The molecule has 146 valence electrons. The minimum atomic E-state index is 0.691. The molecule has 0 atom stereocenters. The minimum Gasteiger partial charge on any atom is -0.497 e. The van der Waals surface area contributed by atoms with Gasteiger partial charge in [-0.1, -0.05) is 18.2 Å². The number of hydrogen-bond acceptors (Lipinski definition) is 6. The van der Waals surface area contributed by atoms with Crippen molar-refractivity contribution in [3.05, 3.63) is 30.3 Å². The standard InChI is InChI=1S/C7H8O.C4H8O2.C4H10O2.C4H8O/c1-8-7-5-3-2-4-6-7;1-2-6-4-3-5-1;1-5-3-4-6-2;1-2-4-5-3-1/h2-6H,1H3;1-4H2;3-4H2,1-2H3;1-4H2. The fourth-order valence-electron chi connectivity index (χ4n) is 1.67. The van der Waals surface area contributed by atoms with Crippen LogP contribution >= 0.6 is 0 Å². The second-order valence-corrected chi connectivity index (χ2v) is 5.05. The molecule has 3 rings (SSSR count). The van der Waals surface area contributed by atoms with Gasteiger partial charge in [-0.15, -0.1) is 0 Å². The predicted molar refractivity (Wildman–Crippen MR) is 98.4 cm³/mol. The van der Waals surface area contributed by atoms with Gasteiger partial charge in [-0.3, -0.25) is 0 Å². The molecule has 6 heteroatoms. The molecule has 2 aliphatic rings. The van der Waals surface area contributed by atoms with E-state index in [0.29, 0.717) is 13.2 Å². The molecule has 0 spiro atoms. The van der Waals surface area contributed by atoms with Crippen molar-refractivity contribution < 1.29 is 28.4 Å². The number of methoxy groups -OCH3 is 3. The highest BCUT2D eigenvalue weighted by atomic mass is 16.6. The summed E-state index contributed by atoms with van der Waals surface area (Å²) in [7, 11) is 4.97. The fourth-order valence-corrected chi connectivity index (χ4v) is 1.67. The van der Waals surface area contributed by atoms with E-state index in [2.05, 4.69) is 9.47 Å². The smallest absolute Gasteiger partial charge is 0.118 e. The number of rotatable bonds is 4. The van der Waals surface area contributed by atoms with Gasteiger partial charge in [0.25, 0.3) is 0 Å². The van der Waals surface area contributed by atoms with Gasteiger partial charge in [-0.05, 0) is 25.0 Å². The minimum absolute atomic E-state index is 0.691. The monoisotopic (exact) mass is 358 g/mol. The van der Waals surface area contributed by atoms with Crippen LogP contribution in [0.1, 0.15) is 12.8 Å². The molecule has 0 bridgehead atoms. The van der Waals surface area contributed by atoms with E-state index in [9.17, 15) is 0 Å². The first kappa shape index (κ1) is 23.8. The zero-order valence-corrected chi connectivity index (χ0v) is 15.9. The Hall–Kier alpha value is -1.18. The summed E-state index contributed by atoms with van der Waals surface area (Å²) in [4.78, 5) is 0. The molecule has 2 saturated heterocycles. The Kier molecular flexibility index (Phi) is 19.9. The van der Waals surface area contributed by atoms with Crippen LogP contribution in [0.4, 0.5) is 0 Å². The lowest BCUT2D eigenvalue weighted by Gasteiger charge is -2.09. The topological polar surface area (TPSA) is 55.4 Å². The van der Waals surface area contributed by atoms with Crippen LogP contribution in [-0.2, 0) is 23.7 Å². The van der Waals surface area contributed by atoms with Gasteiger partial charge < -0.3 is 28.4 Å². The molecule has 0 amide bonds. The van der Waals surface area contributed by atoms with Crippen molar-refractivity contribution in [2.45, 2.75) is 12.8 Å². The van der Waals surface area contributed by atoms with E-state index in [4.69, 9.17) is 18.9 Å². The van der Waals surface area contributed by atoms with Crippen LogP contribution in [0.15, 0.2) is 30.3 Å². The molecule has 0 saturated carbocycles. The molecule has 0 N–H and O–H groups in total. The molecule has 1 aromatic rings. The van der Waals surface area contributed by atoms with Gasteiger partial charge in [-0.25, -0.2) is 0 Å². The summed E-state index contributed by atoms with van der Waals surface area (Å²) in [6.45, 7) is 6.49.